The minimum atomic E-state index is -0.995. The number of carboxylic acid groups (broad SMARTS) is 1. The SMILES string of the molecule is NC(CC(=O)N1CCCCC1C(=O)O)C1CCc2cc(F)c(F)cc21. The average Bonchev–Trinajstić information content (AvgIpc) is 2.97. The predicted molar refractivity (Wildman–Crippen MR) is 87.0 cm³/mol. The summed E-state index contributed by atoms with van der Waals surface area (Å²) in [5, 5.41) is 9.29. The standard InChI is InChI=1S/C18H22F2N2O3/c19-13-7-10-4-5-11(12(10)8-14(13)20)15(21)9-17(23)22-6-2-1-3-16(22)18(24)25/h7-8,11,15-16H,1-6,9,21H2,(H,24,25). The van der Waals surface area contributed by atoms with Crippen molar-refractivity contribution in [2.75, 3.05) is 6.54 Å². The second-order valence-electron chi connectivity index (χ2n) is 6.92. The van der Waals surface area contributed by atoms with E-state index in [0.29, 0.717) is 31.4 Å². The molecule has 1 fully saturated rings. The summed E-state index contributed by atoms with van der Waals surface area (Å²) in [4.78, 5) is 25.3. The van der Waals surface area contributed by atoms with Gasteiger partial charge in [0.1, 0.15) is 6.04 Å². The van der Waals surface area contributed by atoms with Gasteiger partial charge in [0.15, 0.2) is 11.6 Å². The highest BCUT2D eigenvalue weighted by Gasteiger charge is 2.35. The van der Waals surface area contributed by atoms with E-state index < -0.39 is 29.7 Å². The number of carboxylic acids is 1. The first-order chi connectivity index (χ1) is 11.9. The Morgan fingerprint density at radius 2 is 1.96 bits per heavy atom. The summed E-state index contributed by atoms with van der Waals surface area (Å²) in [7, 11) is 0. The third-order valence-electron chi connectivity index (χ3n) is 5.34. The van der Waals surface area contributed by atoms with E-state index in [1.807, 2.05) is 0 Å². The molecule has 1 amide bonds. The van der Waals surface area contributed by atoms with Gasteiger partial charge in [0.2, 0.25) is 5.91 Å². The number of halogens is 2. The van der Waals surface area contributed by atoms with Crippen molar-refractivity contribution in [2.24, 2.45) is 5.73 Å². The molecule has 0 saturated carbocycles. The van der Waals surface area contributed by atoms with Crippen LogP contribution in [-0.4, -0.2) is 40.5 Å². The van der Waals surface area contributed by atoms with Crippen molar-refractivity contribution in [2.45, 2.75) is 56.5 Å². The van der Waals surface area contributed by atoms with E-state index in [1.165, 1.54) is 17.0 Å². The van der Waals surface area contributed by atoms with E-state index in [-0.39, 0.29) is 18.2 Å². The van der Waals surface area contributed by atoms with Gasteiger partial charge in [-0.1, -0.05) is 0 Å². The van der Waals surface area contributed by atoms with Crippen LogP contribution in [0.5, 0.6) is 0 Å². The van der Waals surface area contributed by atoms with Crippen LogP contribution in [0.25, 0.3) is 0 Å². The van der Waals surface area contributed by atoms with Gasteiger partial charge >= 0.3 is 5.97 Å². The highest BCUT2D eigenvalue weighted by Crippen LogP contribution is 2.37. The Hall–Kier alpha value is -2.02. The van der Waals surface area contributed by atoms with Gasteiger partial charge in [0.25, 0.3) is 0 Å². The number of fused-ring (bicyclic) bond motifs is 1. The van der Waals surface area contributed by atoms with E-state index in [2.05, 4.69) is 0 Å². The van der Waals surface area contributed by atoms with Gasteiger partial charge in [-0.25, -0.2) is 13.6 Å². The van der Waals surface area contributed by atoms with E-state index in [1.54, 1.807) is 0 Å². The van der Waals surface area contributed by atoms with E-state index in [9.17, 15) is 23.5 Å². The molecule has 1 aromatic rings. The number of carbonyl (C=O) groups is 2. The Bertz CT molecular complexity index is 695. The molecule has 3 rings (SSSR count). The van der Waals surface area contributed by atoms with Crippen LogP contribution in [-0.2, 0) is 16.0 Å². The molecular formula is C18H22F2N2O3. The lowest BCUT2D eigenvalue weighted by Gasteiger charge is -2.34. The number of rotatable bonds is 4. The summed E-state index contributed by atoms with van der Waals surface area (Å²) in [6, 6.07) is 1.03. The van der Waals surface area contributed by atoms with Crippen LogP contribution in [0.1, 0.15) is 49.1 Å². The molecule has 25 heavy (non-hydrogen) atoms. The highest BCUT2D eigenvalue weighted by molar-refractivity contribution is 5.84. The molecule has 0 radical (unpaired) electrons. The molecule has 3 atom stereocenters. The van der Waals surface area contributed by atoms with Gasteiger partial charge in [-0.3, -0.25) is 4.79 Å². The lowest BCUT2D eigenvalue weighted by molar-refractivity contribution is -0.152. The van der Waals surface area contributed by atoms with Crippen LogP contribution < -0.4 is 5.73 Å². The lowest BCUT2D eigenvalue weighted by atomic mass is 9.90. The molecule has 1 aromatic carbocycles. The van der Waals surface area contributed by atoms with E-state index >= 15 is 0 Å². The lowest BCUT2D eigenvalue weighted by Crippen LogP contribution is -2.49. The highest BCUT2D eigenvalue weighted by atomic mass is 19.2. The number of likely N-dealkylation sites (tertiary alicyclic amines) is 1. The monoisotopic (exact) mass is 352 g/mol. The zero-order valence-electron chi connectivity index (χ0n) is 13.9. The molecule has 1 heterocycles. The van der Waals surface area contributed by atoms with Crippen LogP contribution in [0, 0.1) is 11.6 Å². The maximum atomic E-state index is 13.5. The van der Waals surface area contributed by atoms with Crippen LogP contribution in [0.15, 0.2) is 12.1 Å². The summed E-state index contributed by atoms with van der Waals surface area (Å²) in [6.45, 7) is 0.420. The fourth-order valence-electron chi connectivity index (χ4n) is 4.02. The molecule has 0 bridgehead atoms. The number of hydrogen-bond donors (Lipinski definition) is 2. The summed E-state index contributed by atoms with van der Waals surface area (Å²) in [6.07, 6.45) is 3.25. The zero-order chi connectivity index (χ0) is 18.1. The minimum absolute atomic E-state index is 0.00683. The number of amides is 1. The fourth-order valence-corrected chi connectivity index (χ4v) is 4.02. The third kappa shape index (κ3) is 3.51. The number of aryl methyl sites for hydroxylation is 1. The Morgan fingerprint density at radius 3 is 2.68 bits per heavy atom. The number of piperidine rings is 1. The van der Waals surface area contributed by atoms with Gasteiger partial charge in [-0.2, -0.15) is 0 Å². The molecule has 2 aliphatic rings. The second kappa shape index (κ2) is 7.07. The molecule has 0 spiro atoms. The summed E-state index contributed by atoms with van der Waals surface area (Å²) in [5.41, 5.74) is 7.59. The van der Waals surface area contributed by atoms with Gasteiger partial charge in [-0.15, -0.1) is 0 Å². The first-order valence-electron chi connectivity index (χ1n) is 8.64. The summed E-state index contributed by atoms with van der Waals surface area (Å²) < 4.78 is 26.9. The molecule has 136 valence electrons. The van der Waals surface area contributed by atoms with Gasteiger partial charge in [0, 0.05) is 24.9 Å². The first kappa shape index (κ1) is 17.8. The van der Waals surface area contributed by atoms with Crippen LogP contribution in [0.3, 0.4) is 0 Å². The quantitative estimate of drug-likeness (QED) is 0.870. The van der Waals surface area contributed by atoms with E-state index in [0.717, 1.165) is 18.4 Å². The maximum Gasteiger partial charge on any atom is 0.326 e. The summed E-state index contributed by atoms with van der Waals surface area (Å²) in [5.74, 6) is -3.28. The topological polar surface area (TPSA) is 83.6 Å². The molecule has 1 saturated heterocycles. The smallest absolute Gasteiger partial charge is 0.326 e. The molecule has 7 heteroatoms. The van der Waals surface area contributed by atoms with Crippen molar-refractivity contribution >= 4 is 11.9 Å². The molecule has 1 aliphatic heterocycles. The van der Waals surface area contributed by atoms with Crippen molar-refractivity contribution in [3.8, 4) is 0 Å². The number of nitrogens with two attached hydrogens (primary N) is 1. The van der Waals surface area contributed by atoms with Crippen molar-refractivity contribution in [3.63, 3.8) is 0 Å². The van der Waals surface area contributed by atoms with Crippen LogP contribution in [0.2, 0.25) is 0 Å². The maximum absolute atomic E-state index is 13.5. The zero-order valence-corrected chi connectivity index (χ0v) is 13.9. The van der Waals surface area contributed by atoms with Gasteiger partial charge in [-0.05, 0) is 55.4 Å². The Balaban J connectivity index is 1.71. The van der Waals surface area contributed by atoms with E-state index in [4.69, 9.17) is 5.73 Å². The molecule has 0 aromatic heterocycles. The third-order valence-corrected chi connectivity index (χ3v) is 5.34. The van der Waals surface area contributed by atoms with Crippen molar-refractivity contribution in [1.29, 1.82) is 0 Å². The molecule has 5 nitrogen and oxygen atoms in total. The molecule has 1 aliphatic carbocycles. The normalized spacial score (nSPS) is 24.0. The minimum Gasteiger partial charge on any atom is -0.480 e. The number of carbonyl (C=O) groups excluding carboxylic acids is 1. The Kier molecular flexibility index (Phi) is 5.03. The predicted octanol–water partition coefficient (Wildman–Crippen LogP) is 2.18. The molecule has 3 unspecified atom stereocenters. The second-order valence-corrected chi connectivity index (χ2v) is 6.92. The van der Waals surface area contributed by atoms with Crippen LogP contribution >= 0.6 is 0 Å². The first-order valence-corrected chi connectivity index (χ1v) is 8.64. The molecular weight excluding hydrogens is 330 g/mol. The van der Waals surface area contributed by atoms with Crippen LogP contribution in [0.4, 0.5) is 8.78 Å². The number of benzene rings is 1. The Labute approximate surface area is 144 Å². The van der Waals surface area contributed by atoms with Crippen molar-refractivity contribution < 1.29 is 23.5 Å². The molecule has 3 N–H and O–H groups in total. The van der Waals surface area contributed by atoms with Gasteiger partial charge < -0.3 is 15.7 Å². The van der Waals surface area contributed by atoms with Crippen molar-refractivity contribution in [1.82, 2.24) is 4.90 Å². The number of hydrogen-bond acceptors (Lipinski definition) is 3. The number of aliphatic carboxylic acids is 1. The van der Waals surface area contributed by atoms with Gasteiger partial charge in [0.05, 0.1) is 0 Å². The fraction of sp³-hybridized carbons (Fsp3) is 0.556. The number of nitrogens with zero attached hydrogens (tertiary/aromatic N) is 1. The average molecular weight is 352 g/mol. The largest absolute Gasteiger partial charge is 0.480 e. The summed E-state index contributed by atoms with van der Waals surface area (Å²) >= 11 is 0. The van der Waals surface area contributed by atoms with Crippen molar-refractivity contribution in [3.05, 3.63) is 34.9 Å². The Morgan fingerprint density at radius 1 is 1.24 bits per heavy atom.